The van der Waals surface area contributed by atoms with Gasteiger partial charge in [-0.3, -0.25) is 10.1 Å². The molecule has 0 saturated carbocycles. The van der Waals surface area contributed by atoms with Crippen LogP contribution >= 0.6 is 0 Å². The number of aryl methyl sites for hydroxylation is 3. The summed E-state index contributed by atoms with van der Waals surface area (Å²) >= 11 is 0. The Bertz CT molecular complexity index is 789. The van der Waals surface area contributed by atoms with Crippen molar-refractivity contribution in [1.82, 2.24) is 4.98 Å². The molecule has 0 bridgehead atoms. The van der Waals surface area contributed by atoms with Crippen LogP contribution in [-0.4, -0.2) is 22.1 Å². The number of aliphatic carboxylic acids is 1. The van der Waals surface area contributed by atoms with E-state index in [2.05, 4.69) is 15.6 Å². The molecule has 1 aliphatic rings. The number of pyridine rings is 1. The lowest BCUT2D eigenvalue weighted by atomic mass is 9.93. The van der Waals surface area contributed by atoms with Crippen LogP contribution in [0.2, 0.25) is 0 Å². The molecule has 0 saturated heterocycles. The van der Waals surface area contributed by atoms with Gasteiger partial charge in [-0.05, 0) is 67.0 Å². The lowest BCUT2D eigenvalue weighted by Gasteiger charge is -2.16. The molecule has 0 spiro atoms. The highest BCUT2D eigenvalue weighted by atomic mass is 16.4. The van der Waals surface area contributed by atoms with E-state index in [0.717, 1.165) is 18.4 Å². The molecule has 6 nitrogen and oxygen atoms in total. The van der Waals surface area contributed by atoms with Crippen molar-refractivity contribution in [2.75, 3.05) is 10.6 Å². The van der Waals surface area contributed by atoms with Gasteiger partial charge < -0.3 is 10.4 Å². The number of carboxylic acid groups (broad SMARTS) is 1. The van der Waals surface area contributed by atoms with E-state index in [4.69, 9.17) is 5.11 Å². The van der Waals surface area contributed by atoms with Crippen molar-refractivity contribution in [3.8, 4) is 0 Å². The van der Waals surface area contributed by atoms with Crippen LogP contribution in [0.15, 0.2) is 36.5 Å². The van der Waals surface area contributed by atoms with Crippen LogP contribution in [0.5, 0.6) is 0 Å². The van der Waals surface area contributed by atoms with Crippen LogP contribution < -0.4 is 10.6 Å². The minimum absolute atomic E-state index is 0.0642. The number of carbonyl (C=O) groups is 2. The van der Waals surface area contributed by atoms with Crippen molar-refractivity contribution < 1.29 is 14.7 Å². The van der Waals surface area contributed by atoms with Crippen molar-refractivity contribution >= 4 is 23.5 Å². The van der Waals surface area contributed by atoms with Gasteiger partial charge in [0.15, 0.2) is 0 Å². The van der Waals surface area contributed by atoms with E-state index in [9.17, 15) is 9.59 Å². The molecule has 3 N–H and O–H groups in total. The normalized spacial score (nSPS) is 13.0. The number of amides is 2. The van der Waals surface area contributed by atoms with Gasteiger partial charge in [-0.1, -0.05) is 12.1 Å². The topological polar surface area (TPSA) is 91.3 Å². The molecule has 3 rings (SSSR count). The Labute approximate surface area is 146 Å². The van der Waals surface area contributed by atoms with Gasteiger partial charge in [0.2, 0.25) is 0 Å². The molecule has 0 atom stereocenters. The van der Waals surface area contributed by atoms with E-state index in [1.807, 2.05) is 18.3 Å². The van der Waals surface area contributed by atoms with Gasteiger partial charge >= 0.3 is 12.0 Å². The SMILES string of the molecule is O=C(O)CCc1cccc(NC(=O)Nc2cc3c(cn2)CCCC3)c1. The zero-order valence-corrected chi connectivity index (χ0v) is 13.9. The standard InChI is InChI=1S/C19H21N3O3/c23-18(24)9-8-13-4-3-7-16(10-13)21-19(25)22-17-11-14-5-1-2-6-15(14)12-20-17/h3-4,7,10-12H,1-2,5-6,8-9H2,(H,23,24)(H2,20,21,22,25). The zero-order chi connectivity index (χ0) is 17.6. The number of hydrogen-bond acceptors (Lipinski definition) is 3. The van der Waals surface area contributed by atoms with Crippen LogP contribution in [0, 0.1) is 0 Å². The summed E-state index contributed by atoms with van der Waals surface area (Å²) in [6, 6.07) is 8.77. The highest BCUT2D eigenvalue weighted by Crippen LogP contribution is 2.22. The first-order chi connectivity index (χ1) is 12.1. The minimum Gasteiger partial charge on any atom is -0.481 e. The second-order valence-corrected chi connectivity index (χ2v) is 6.22. The molecule has 0 fully saturated rings. The summed E-state index contributed by atoms with van der Waals surface area (Å²) in [4.78, 5) is 27.1. The number of anilines is 2. The Hall–Kier alpha value is -2.89. The largest absolute Gasteiger partial charge is 0.481 e. The van der Waals surface area contributed by atoms with Crippen molar-refractivity contribution in [3.05, 3.63) is 53.2 Å². The van der Waals surface area contributed by atoms with E-state index in [1.165, 1.54) is 24.0 Å². The van der Waals surface area contributed by atoms with Gasteiger partial charge in [0.05, 0.1) is 0 Å². The molecule has 2 aromatic rings. The molecule has 0 unspecified atom stereocenters. The molecule has 1 aromatic heterocycles. The Morgan fingerprint density at radius 2 is 1.88 bits per heavy atom. The Morgan fingerprint density at radius 3 is 2.68 bits per heavy atom. The molecule has 1 heterocycles. The van der Waals surface area contributed by atoms with Crippen molar-refractivity contribution in [2.45, 2.75) is 38.5 Å². The maximum Gasteiger partial charge on any atom is 0.324 e. The number of urea groups is 1. The molecular formula is C19H21N3O3. The first-order valence-corrected chi connectivity index (χ1v) is 8.47. The summed E-state index contributed by atoms with van der Waals surface area (Å²) in [5.41, 5.74) is 4.01. The lowest BCUT2D eigenvalue weighted by Crippen LogP contribution is -2.20. The van der Waals surface area contributed by atoms with Crippen LogP contribution in [0.25, 0.3) is 0 Å². The second-order valence-electron chi connectivity index (χ2n) is 6.22. The summed E-state index contributed by atoms with van der Waals surface area (Å²) in [7, 11) is 0. The van der Waals surface area contributed by atoms with Gasteiger partial charge in [-0.15, -0.1) is 0 Å². The van der Waals surface area contributed by atoms with E-state index < -0.39 is 5.97 Å². The summed E-state index contributed by atoms with van der Waals surface area (Å²) in [6.45, 7) is 0. The van der Waals surface area contributed by atoms with Crippen molar-refractivity contribution in [2.24, 2.45) is 0 Å². The van der Waals surface area contributed by atoms with Crippen LogP contribution in [0.1, 0.15) is 36.0 Å². The quantitative estimate of drug-likeness (QED) is 0.776. The molecule has 0 aliphatic heterocycles. The summed E-state index contributed by atoms with van der Waals surface area (Å²) < 4.78 is 0. The number of benzene rings is 1. The van der Waals surface area contributed by atoms with E-state index in [-0.39, 0.29) is 12.5 Å². The van der Waals surface area contributed by atoms with Gasteiger partial charge in [-0.25, -0.2) is 9.78 Å². The van der Waals surface area contributed by atoms with Gasteiger partial charge in [-0.2, -0.15) is 0 Å². The number of carbonyl (C=O) groups excluding carboxylic acids is 1. The minimum atomic E-state index is -0.838. The second kappa shape index (κ2) is 7.79. The fraction of sp³-hybridized carbons (Fsp3) is 0.316. The summed E-state index contributed by atoms with van der Waals surface area (Å²) in [5, 5.41) is 14.3. The number of nitrogens with zero attached hydrogens (tertiary/aromatic N) is 1. The Balaban J connectivity index is 1.61. The Kier molecular flexibility index (Phi) is 5.28. The smallest absolute Gasteiger partial charge is 0.324 e. The van der Waals surface area contributed by atoms with Crippen LogP contribution in [-0.2, 0) is 24.1 Å². The number of hydrogen-bond donors (Lipinski definition) is 3. The third-order valence-electron chi connectivity index (χ3n) is 4.28. The average Bonchev–Trinajstić information content (AvgIpc) is 2.60. The zero-order valence-electron chi connectivity index (χ0n) is 13.9. The van der Waals surface area contributed by atoms with Gasteiger partial charge in [0.1, 0.15) is 5.82 Å². The molecule has 6 heteroatoms. The van der Waals surface area contributed by atoms with E-state index in [0.29, 0.717) is 17.9 Å². The third-order valence-corrected chi connectivity index (χ3v) is 4.28. The highest BCUT2D eigenvalue weighted by molar-refractivity contribution is 5.99. The van der Waals surface area contributed by atoms with Gasteiger partial charge in [0, 0.05) is 18.3 Å². The fourth-order valence-electron chi connectivity index (χ4n) is 3.02. The first-order valence-electron chi connectivity index (χ1n) is 8.47. The van der Waals surface area contributed by atoms with E-state index in [1.54, 1.807) is 18.2 Å². The Morgan fingerprint density at radius 1 is 1.08 bits per heavy atom. The predicted molar refractivity (Wildman–Crippen MR) is 95.9 cm³/mol. The number of carboxylic acids is 1. The monoisotopic (exact) mass is 339 g/mol. The lowest BCUT2D eigenvalue weighted by molar-refractivity contribution is -0.136. The molecule has 0 radical (unpaired) electrons. The molecule has 1 aromatic carbocycles. The van der Waals surface area contributed by atoms with Crippen molar-refractivity contribution in [3.63, 3.8) is 0 Å². The predicted octanol–water partition coefficient (Wildman–Crippen LogP) is 3.62. The molecule has 1 aliphatic carbocycles. The van der Waals surface area contributed by atoms with Gasteiger partial charge in [0.25, 0.3) is 0 Å². The first kappa shape index (κ1) is 17.0. The molecular weight excluding hydrogens is 318 g/mol. The maximum absolute atomic E-state index is 12.2. The average molecular weight is 339 g/mol. The number of aromatic nitrogens is 1. The highest BCUT2D eigenvalue weighted by Gasteiger charge is 2.12. The van der Waals surface area contributed by atoms with Crippen LogP contribution in [0.3, 0.4) is 0 Å². The van der Waals surface area contributed by atoms with Crippen molar-refractivity contribution in [1.29, 1.82) is 0 Å². The number of fused-ring (bicyclic) bond motifs is 1. The summed E-state index contributed by atoms with van der Waals surface area (Å²) in [5.74, 6) is -0.297. The fourth-order valence-corrected chi connectivity index (χ4v) is 3.02. The third kappa shape index (κ3) is 4.79. The molecule has 25 heavy (non-hydrogen) atoms. The number of nitrogens with one attached hydrogen (secondary N) is 2. The maximum atomic E-state index is 12.2. The molecule has 2 amide bonds. The number of rotatable bonds is 5. The summed E-state index contributed by atoms with van der Waals surface area (Å²) in [6.07, 6.45) is 6.79. The van der Waals surface area contributed by atoms with Crippen LogP contribution in [0.4, 0.5) is 16.3 Å². The molecule has 130 valence electrons. The van der Waals surface area contributed by atoms with E-state index >= 15 is 0 Å².